The van der Waals surface area contributed by atoms with Crippen LogP contribution in [0.4, 0.5) is 24.5 Å². The van der Waals surface area contributed by atoms with Crippen LogP contribution in [0.3, 0.4) is 0 Å². The van der Waals surface area contributed by atoms with E-state index in [0.29, 0.717) is 57.3 Å². The summed E-state index contributed by atoms with van der Waals surface area (Å²) in [5.74, 6) is 0.441. The van der Waals surface area contributed by atoms with Gasteiger partial charge < -0.3 is 14.7 Å². The van der Waals surface area contributed by atoms with Gasteiger partial charge in [0.1, 0.15) is 0 Å². The molecule has 0 bridgehead atoms. The number of rotatable bonds is 3. The lowest BCUT2D eigenvalue weighted by atomic mass is 10.1. The Balaban J connectivity index is 1.69. The SMILES string of the molecule is CN1CCN(c2cc(C(F)(F)F)ccc2/C=C2\SCCN(c3ccc(Cl)c(Cl)c3)C2=O)CC1. The minimum absolute atomic E-state index is 0.214. The second-order valence-electron chi connectivity index (χ2n) is 7.97. The number of carbonyl (C=O) groups is 1. The summed E-state index contributed by atoms with van der Waals surface area (Å²) in [6, 6.07) is 8.72. The van der Waals surface area contributed by atoms with E-state index in [1.54, 1.807) is 29.2 Å². The van der Waals surface area contributed by atoms with Crippen molar-refractivity contribution in [2.45, 2.75) is 6.18 Å². The Morgan fingerprint density at radius 2 is 1.70 bits per heavy atom. The van der Waals surface area contributed by atoms with Crippen molar-refractivity contribution in [3.63, 3.8) is 0 Å². The standard InChI is InChI=1S/C23H22Cl2F3N3OS/c1-29-6-8-30(9-7-29)20-13-16(23(26,27)28)3-2-15(20)12-21-22(32)31(10-11-33-21)17-4-5-18(24)19(25)14-17/h2-5,12-14H,6-11H2,1H3/b21-12-. The van der Waals surface area contributed by atoms with Gasteiger partial charge in [0, 0.05) is 49.9 Å². The van der Waals surface area contributed by atoms with E-state index < -0.39 is 11.7 Å². The maximum absolute atomic E-state index is 13.4. The molecule has 0 atom stereocenters. The molecule has 0 aromatic heterocycles. The molecule has 2 heterocycles. The number of carbonyl (C=O) groups excluding carboxylic acids is 1. The highest BCUT2D eigenvalue weighted by Gasteiger charge is 2.32. The Bertz CT molecular complexity index is 1090. The van der Waals surface area contributed by atoms with E-state index in [0.717, 1.165) is 19.2 Å². The number of halogens is 5. The van der Waals surface area contributed by atoms with Crippen LogP contribution in [0.1, 0.15) is 11.1 Å². The van der Waals surface area contributed by atoms with Gasteiger partial charge in [-0.15, -0.1) is 11.8 Å². The Kier molecular flexibility index (Phi) is 7.19. The second-order valence-corrected chi connectivity index (χ2v) is 9.93. The third kappa shape index (κ3) is 5.45. The maximum atomic E-state index is 13.4. The van der Waals surface area contributed by atoms with Crippen LogP contribution in [0, 0.1) is 0 Å². The van der Waals surface area contributed by atoms with E-state index in [4.69, 9.17) is 23.2 Å². The molecule has 2 fully saturated rings. The van der Waals surface area contributed by atoms with Crippen molar-refractivity contribution in [3.8, 4) is 0 Å². The molecule has 1 amide bonds. The van der Waals surface area contributed by atoms with Gasteiger partial charge in [-0.2, -0.15) is 13.2 Å². The van der Waals surface area contributed by atoms with E-state index in [1.807, 2.05) is 11.9 Å². The first-order chi connectivity index (χ1) is 15.6. The number of hydrogen-bond donors (Lipinski definition) is 0. The molecule has 0 radical (unpaired) electrons. The average Bonchev–Trinajstić information content (AvgIpc) is 2.77. The fourth-order valence-corrected chi connectivity index (χ4v) is 5.08. The summed E-state index contributed by atoms with van der Waals surface area (Å²) in [5, 5.41) is 0.752. The molecule has 0 saturated carbocycles. The molecule has 4 rings (SSSR count). The Morgan fingerprint density at radius 3 is 2.36 bits per heavy atom. The number of alkyl halides is 3. The lowest BCUT2D eigenvalue weighted by molar-refractivity contribution is -0.137. The van der Waals surface area contributed by atoms with Gasteiger partial charge in [-0.25, -0.2) is 0 Å². The molecule has 0 spiro atoms. The van der Waals surface area contributed by atoms with Gasteiger partial charge in [0.15, 0.2) is 0 Å². The predicted octanol–water partition coefficient (Wildman–Crippen LogP) is 5.88. The van der Waals surface area contributed by atoms with E-state index in [-0.39, 0.29) is 5.91 Å². The third-order valence-corrected chi connectivity index (χ3v) is 7.46. The van der Waals surface area contributed by atoms with Crippen LogP contribution in [-0.4, -0.2) is 56.3 Å². The summed E-state index contributed by atoms with van der Waals surface area (Å²) in [6.45, 7) is 3.24. The van der Waals surface area contributed by atoms with Crippen LogP contribution in [0.2, 0.25) is 10.0 Å². The van der Waals surface area contributed by atoms with Crippen LogP contribution >= 0.6 is 35.0 Å². The number of amides is 1. The van der Waals surface area contributed by atoms with Crippen LogP contribution in [0.15, 0.2) is 41.3 Å². The van der Waals surface area contributed by atoms with E-state index in [1.165, 1.54) is 23.9 Å². The number of nitrogens with zero attached hydrogens (tertiary/aromatic N) is 3. The van der Waals surface area contributed by atoms with Crippen molar-refractivity contribution in [1.29, 1.82) is 0 Å². The summed E-state index contributed by atoms with van der Waals surface area (Å²) in [5.41, 5.74) is 1.02. The fraction of sp³-hybridized carbons (Fsp3) is 0.348. The van der Waals surface area contributed by atoms with Gasteiger partial charge in [-0.1, -0.05) is 29.3 Å². The third-order valence-electron chi connectivity index (χ3n) is 5.73. The Hall–Kier alpha value is -1.87. The molecule has 0 aliphatic carbocycles. The largest absolute Gasteiger partial charge is 0.416 e. The molecular weight excluding hydrogens is 494 g/mol. The zero-order valence-corrected chi connectivity index (χ0v) is 20.2. The first-order valence-corrected chi connectivity index (χ1v) is 12.1. The highest BCUT2D eigenvalue weighted by Crippen LogP contribution is 2.37. The molecular formula is C23H22Cl2F3N3OS. The van der Waals surface area contributed by atoms with Crippen molar-refractivity contribution >= 4 is 58.3 Å². The summed E-state index contributed by atoms with van der Waals surface area (Å²) in [4.78, 5) is 19.4. The Morgan fingerprint density at radius 1 is 0.970 bits per heavy atom. The number of anilines is 2. The van der Waals surface area contributed by atoms with Gasteiger partial charge in [0.2, 0.25) is 0 Å². The molecule has 2 aromatic carbocycles. The zero-order chi connectivity index (χ0) is 23.8. The molecule has 176 valence electrons. The van der Waals surface area contributed by atoms with Crippen molar-refractivity contribution in [1.82, 2.24) is 4.90 Å². The van der Waals surface area contributed by atoms with Crippen molar-refractivity contribution in [2.75, 3.05) is 55.3 Å². The predicted molar refractivity (Wildman–Crippen MR) is 130 cm³/mol. The first kappa shape index (κ1) is 24.3. The highest BCUT2D eigenvalue weighted by molar-refractivity contribution is 8.04. The van der Waals surface area contributed by atoms with E-state index in [2.05, 4.69) is 4.90 Å². The number of thioether (sulfide) groups is 1. The van der Waals surface area contributed by atoms with Crippen LogP contribution in [0.5, 0.6) is 0 Å². The van der Waals surface area contributed by atoms with Gasteiger partial charge >= 0.3 is 6.18 Å². The monoisotopic (exact) mass is 515 g/mol. The molecule has 2 aromatic rings. The summed E-state index contributed by atoms with van der Waals surface area (Å²) < 4.78 is 40.3. The van der Waals surface area contributed by atoms with Crippen LogP contribution in [-0.2, 0) is 11.0 Å². The normalized spacial score (nSPS) is 19.5. The molecule has 10 heteroatoms. The smallest absolute Gasteiger partial charge is 0.368 e. The molecule has 2 aliphatic heterocycles. The lowest BCUT2D eigenvalue weighted by Crippen LogP contribution is -2.44. The van der Waals surface area contributed by atoms with Gasteiger partial charge in [-0.05, 0) is 49.0 Å². The molecule has 2 saturated heterocycles. The van der Waals surface area contributed by atoms with Crippen LogP contribution < -0.4 is 9.80 Å². The topological polar surface area (TPSA) is 26.8 Å². The quantitative estimate of drug-likeness (QED) is 0.476. The minimum Gasteiger partial charge on any atom is -0.368 e. The minimum atomic E-state index is -4.44. The van der Waals surface area contributed by atoms with Gasteiger partial charge in [0.25, 0.3) is 5.91 Å². The number of piperazine rings is 1. The lowest BCUT2D eigenvalue weighted by Gasteiger charge is -2.35. The van der Waals surface area contributed by atoms with E-state index >= 15 is 0 Å². The average molecular weight is 516 g/mol. The summed E-state index contributed by atoms with van der Waals surface area (Å²) in [7, 11) is 1.99. The van der Waals surface area contributed by atoms with Gasteiger partial charge in [0.05, 0.1) is 20.5 Å². The molecule has 0 unspecified atom stereocenters. The Labute approximate surface area is 204 Å². The second kappa shape index (κ2) is 9.78. The molecule has 2 aliphatic rings. The van der Waals surface area contributed by atoms with Crippen molar-refractivity contribution in [3.05, 3.63) is 62.5 Å². The van der Waals surface area contributed by atoms with Crippen molar-refractivity contribution < 1.29 is 18.0 Å². The number of likely N-dealkylation sites (N-methyl/N-ethyl adjacent to an activating group) is 1. The van der Waals surface area contributed by atoms with Crippen molar-refractivity contribution in [2.24, 2.45) is 0 Å². The highest BCUT2D eigenvalue weighted by atomic mass is 35.5. The fourth-order valence-electron chi connectivity index (χ4n) is 3.85. The summed E-state index contributed by atoms with van der Waals surface area (Å²) >= 11 is 13.5. The van der Waals surface area contributed by atoms with E-state index in [9.17, 15) is 18.0 Å². The molecule has 0 N–H and O–H groups in total. The van der Waals surface area contributed by atoms with Gasteiger partial charge in [-0.3, -0.25) is 4.79 Å². The maximum Gasteiger partial charge on any atom is 0.416 e. The summed E-state index contributed by atoms with van der Waals surface area (Å²) in [6.07, 6.45) is -2.74. The molecule has 33 heavy (non-hydrogen) atoms. The molecule has 4 nitrogen and oxygen atoms in total. The number of hydrogen-bond acceptors (Lipinski definition) is 4. The van der Waals surface area contributed by atoms with Crippen LogP contribution in [0.25, 0.3) is 6.08 Å². The number of benzene rings is 2. The zero-order valence-electron chi connectivity index (χ0n) is 17.8. The first-order valence-electron chi connectivity index (χ1n) is 10.4.